The van der Waals surface area contributed by atoms with Gasteiger partial charge >= 0.3 is 0 Å². The molecule has 0 amide bonds. The standard InChI is InChI=1S/C10H12O2/c1-3-8-5-4-6-9-10(8)12-7(2)11-9/h4-7H,3H2,1-2H3. The van der Waals surface area contributed by atoms with Gasteiger partial charge in [-0.2, -0.15) is 0 Å². The summed E-state index contributed by atoms with van der Waals surface area (Å²) in [5.74, 6) is 1.80. The molecule has 1 unspecified atom stereocenters. The lowest BCUT2D eigenvalue weighted by Gasteiger charge is -2.02. The molecular formula is C10H12O2. The second-order valence-electron chi connectivity index (χ2n) is 2.90. The first-order valence-electron chi connectivity index (χ1n) is 4.26. The van der Waals surface area contributed by atoms with E-state index in [9.17, 15) is 0 Å². The first-order valence-corrected chi connectivity index (χ1v) is 4.26. The van der Waals surface area contributed by atoms with Crippen LogP contribution < -0.4 is 9.47 Å². The van der Waals surface area contributed by atoms with E-state index < -0.39 is 0 Å². The quantitative estimate of drug-likeness (QED) is 0.634. The number of para-hydroxylation sites is 1. The van der Waals surface area contributed by atoms with Gasteiger partial charge in [-0.1, -0.05) is 19.1 Å². The molecule has 0 radical (unpaired) electrons. The van der Waals surface area contributed by atoms with E-state index in [0.29, 0.717) is 0 Å². The molecule has 2 heteroatoms. The first-order chi connectivity index (χ1) is 5.81. The molecule has 12 heavy (non-hydrogen) atoms. The number of hydrogen-bond donors (Lipinski definition) is 0. The molecule has 0 saturated carbocycles. The first kappa shape index (κ1) is 7.47. The Hall–Kier alpha value is -1.18. The highest BCUT2D eigenvalue weighted by Gasteiger charge is 2.21. The zero-order chi connectivity index (χ0) is 8.55. The van der Waals surface area contributed by atoms with Gasteiger partial charge < -0.3 is 9.47 Å². The molecule has 0 spiro atoms. The van der Waals surface area contributed by atoms with Crippen LogP contribution in [-0.2, 0) is 6.42 Å². The van der Waals surface area contributed by atoms with Crippen molar-refractivity contribution in [3.8, 4) is 11.5 Å². The minimum absolute atomic E-state index is 0.132. The Kier molecular flexibility index (Phi) is 1.68. The summed E-state index contributed by atoms with van der Waals surface area (Å²) in [6.07, 6.45) is 0.854. The minimum atomic E-state index is -0.132. The molecule has 1 aromatic rings. The molecule has 0 N–H and O–H groups in total. The Morgan fingerprint density at radius 3 is 2.92 bits per heavy atom. The van der Waals surface area contributed by atoms with Crippen LogP contribution in [0.3, 0.4) is 0 Å². The van der Waals surface area contributed by atoms with Gasteiger partial charge in [-0.15, -0.1) is 0 Å². The van der Waals surface area contributed by atoms with Crippen LogP contribution in [0.4, 0.5) is 0 Å². The van der Waals surface area contributed by atoms with Crippen molar-refractivity contribution in [2.24, 2.45) is 0 Å². The van der Waals surface area contributed by atoms with E-state index in [4.69, 9.17) is 9.47 Å². The predicted octanol–water partition coefficient (Wildman–Crippen LogP) is 2.37. The highest BCUT2D eigenvalue weighted by Crippen LogP contribution is 2.37. The summed E-state index contributed by atoms with van der Waals surface area (Å²) in [6, 6.07) is 6.01. The number of benzene rings is 1. The average Bonchev–Trinajstić information content (AvgIpc) is 2.44. The van der Waals surface area contributed by atoms with Gasteiger partial charge in [0.1, 0.15) is 0 Å². The Labute approximate surface area is 72.1 Å². The summed E-state index contributed by atoms with van der Waals surface area (Å²) in [4.78, 5) is 0. The summed E-state index contributed by atoms with van der Waals surface area (Å²) in [6.45, 7) is 4.02. The number of hydrogen-bond acceptors (Lipinski definition) is 2. The lowest BCUT2D eigenvalue weighted by molar-refractivity contribution is 0.0674. The fraction of sp³-hybridized carbons (Fsp3) is 0.400. The molecule has 0 saturated heterocycles. The maximum Gasteiger partial charge on any atom is 0.238 e. The number of ether oxygens (including phenoxy) is 2. The van der Waals surface area contributed by atoms with Gasteiger partial charge in [0.15, 0.2) is 11.5 Å². The molecule has 1 aromatic carbocycles. The summed E-state index contributed by atoms with van der Waals surface area (Å²) < 4.78 is 10.9. The molecule has 1 atom stereocenters. The van der Waals surface area contributed by atoms with Crippen molar-refractivity contribution < 1.29 is 9.47 Å². The summed E-state index contributed by atoms with van der Waals surface area (Å²) in [5, 5.41) is 0. The highest BCUT2D eigenvalue weighted by atomic mass is 16.7. The maximum absolute atomic E-state index is 5.51. The summed E-state index contributed by atoms with van der Waals surface area (Å²) >= 11 is 0. The van der Waals surface area contributed by atoms with Crippen LogP contribution in [0.2, 0.25) is 0 Å². The van der Waals surface area contributed by atoms with E-state index in [1.54, 1.807) is 0 Å². The average molecular weight is 164 g/mol. The topological polar surface area (TPSA) is 18.5 Å². The van der Waals surface area contributed by atoms with Crippen molar-refractivity contribution in [1.82, 2.24) is 0 Å². The van der Waals surface area contributed by atoms with Crippen molar-refractivity contribution in [3.63, 3.8) is 0 Å². The van der Waals surface area contributed by atoms with Crippen LogP contribution in [0.15, 0.2) is 18.2 Å². The van der Waals surface area contributed by atoms with Crippen LogP contribution in [0.5, 0.6) is 11.5 Å². The molecule has 0 fully saturated rings. The van der Waals surface area contributed by atoms with E-state index in [2.05, 4.69) is 13.0 Å². The highest BCUT2D eigenvalue weighted by molar-refractivity contribution is 5.48. The second-order valence-corrected chi connectivity index (χ2v) is 2.90. The zero-order valence-electron chi connectivity index (χ0n) is 7.33. The SMILES string of the molecule is CCc1cccc2c1OC(C)O2. The van der Waals surface area contributed by atoms with Gasteiger partial charge in [-0.3, -0.25) is 0 Å². The summed E-state index contributed by atoms with van der Waals surface area (Å²) in [7, 11) is 0. The third kappa shape index (κ3) is 1.04. The van der Waals surface area contributed by atoms with Gasteiger partial charge in [0, 0.05) is 6.92 Å². The lowest BCUT2D eigenvalue weighted by Crippen LogP contribution is -2.11. The van der Waals surface area contributed by atoms with Gasteiger partial charge in [0.05, 0.1) is 0 Å². The maximum atomic E-state index is 5.51. The van der Waals surface area contributed by atoms with Crippen molar-refractivity contribution in [1.29, 1.82) is 0 Å². The summed E-state index contributed by atoms with van der Waals surface area (Å²) in [5.41, 5.74) is 1.22. The molecule has 1 heterocycles. The normalized spacial score (nSPS) is 19.7. The van der Waals surface area contributed by atoms with Crippen LogP contribution in [0.25, 0.3) is 0 Å². The van der Waals surface area contributed by atoms with Crippen molar-refractivity contribution in [3.05, 3.63) is 23.8 Å². The predicted molar refractivity (Wildman–Crippen MR) is 46.5 cm³/mol. The molecule has 2 nitrogen and oxygen atoms in total. The monoisotopic (exact) mass is 164 g/mol. The Bertz CT molecular complexity index is 294. The van der Waals surface area contributed by atoms with Crippen molar-refractivity contribution >= 4 is 0 Å². The van der Waals surface area contributed by atoms with E-state index in [1.165, 1.54) is 5.56 Å². The van der Waals surface area contributed by atoms with E-state index in [-0.39, 0.29) is 6.29 Å². The molecule has 0 aliphatic carbocycles. The van der Waals surface area contributed by atoms with Crippen LogP contribution in [-0.4, -0.2) is 6.29 Å². The third-order valence-corrected chi connectivity index (χ3v) is 2.02. The molecule has 1 aliphatic heterocycles. The molecule has 0 aromatic heterocycles. The van der Waals surface area contributed by atoms with Gasteiger partial charge in [0.25, 0.3) is 0 Å². The molecule has 2 rings (SSSR count). The van der Waals surface area contributed by atoms with Gasteiger partial charge in [-0.05, 0) is 18.1 Å². The Morgan fingerprint density at radius 2 is 2.17 bits per heavy atom. The number of aryl methyl sites for hydroxylation is 1. The lowest BCUT2D eigenvalue weighted by atomic mass is 10.1. The second kappa shape index (κ2) is 2.70. The number of rotatable bonds is 1. The van der Waals surface area contributed by atoms with E-state index in [1.807, 2.05) is 19.1 Å². The van der Waals surface area contributed by atoms with Gasteiger partial charge in [-0.25, -0.2) is 0 Å². The van der Waals surface area contributed by atoms with Crippen LogP contribution >= 0.6 is 0 Å². The molecule has 64 valence electrons. The smallest absolute Gasteiger partial charge is 0.238 e. The third-order valence-electron chi connectivity index (χ3n) is 2.02. The van der Waals surface area contributed by atoms with E-state index >= 15 is 0 Å². The van der Waals surface area contributed by atoms with Crippen LogP contribution in [0.1, 0.15) is 19.4 Å². The molecule has 1 aliphatic rings. The van der Waals surface area contributed by atoms with Crippen molar-refractivity contribution in [2.45, 2.75) is 26.6 Å². The largest absolute Gasteiger partial charge is 0.451 e. The van der Waals surface area contributed by atoms with Crippen LogP contribution in [0, 0.1) is 0 Å². The van der Waals surface area contributed by atoms with Crippen molar-refractivity contribution in [2.75, 3.05) is 0 Å². The number of fused-ring (bicyclic) bond motifs is 1. The minimum Gasteiger partial charge on any atom is -0.451 e. The zero-order valence-corrected chi connectivity index (χ0v) is 7.33. The fourth-order valence-electron chi connectivity index (χ4n) is 1.44. The van der Waals surface area contributed by atoms with E-state index in [0.717, 1.165) is 17.9 Å². The van der Waals surface area contributed by atoms with Gasteiger partial charge in [0.2, 0.25) is 6.29 Å². The Morgan fingerprint density at radius 1 is 1.33 bits per heavy atom. The fourth-order valence-corrected chi connectivity index (χ4v) is 1.44. The Balaban J connectivity index is 2.44. The molecule has 0 bridgehead atoms. The molecular weight excluding hydrogens is 152 g/mol.